The van der Waals surface area contributed by atoms with Crippen molar-refractivity contribution < 1.29 is 0 Å². The summed E-state index contributed by atoms with van der Waals surface area (Å²) in [6, 6.07) is 19.2. The molecule has 3 aromatic carbocycles. The van der Waals surface area contributed by atoms with Gasteiger partial charge >= 0.3 is 0 Å². The Labute approximate surface area is 136 Å². The minimum absolute atomic E-state index is 0.820. The van der Waals surface area contributed by atoms with Crippen molar-refractivity contribution in [1.82, 2.24) is 0 Å². The smallest absolute Gasteiger partial charge is 0.0394 e. The van der Waals surface area contributed by atoms with Crippen LogP contribution in [-0.4, -0.2) is 0 Å². The summed E-state index contributed by atoms with van der Waals surface area (Å²) in [5.41, 5.74) is 12.1. The molecule has 0 atom stereocenters. The molecule has 112 valence electrons. The molecule has 0 saturated heterocycles. The fourth-order valence-electron chi connectivity index (χ4n) is 3.16. The number of allylic oxidation sites excluding steroid dienone is 1. The number of fused-ring (bicyclic) bond motifs is 2. The summed E-state index contributed by atoms with van der Waals surface area (Å²) in [4.78, 5) is 0. The first-order valence-electron chi connectivity index (χ1n) is 8.05. The van der Waals surface area contributed by atoms with Crippen LogP contribution in [0.3, 0.4) is 0 Å². The number of nitrogens with two attached hydrogens (primary N) is 1. The molecule has 2 N–H and O–H groups in total. The van der Waals surface area contributed by atoms with Gasteiger partial charge in [-0.15, -0.1) is 0 Å². The Bertz CT molecular complexity index is 932. The van der Waals surface area contributed by atoms with Crippen LogP contribution >= 0.6 is 0 Å². The molecule has 0 saturated carbocycles. The van der Waals surface area contributed by atoms with Gasteiger partial charge in [-0.25, -0.2) is 0 Å². The molecule has 0 amide bonds. The van der Waals surface area contributed by atoms with Crippen molar-refractivity contribution in [3.8, 4) is 0 Å². The lowest BCUT2D eigenvalue weighted by atomic mass is 9.95. The highest BCUT2D eigenvalue weighted by molar-refractivity contribution is 5.91. The van der Waals surface area contributed by atoms with E-state index in [-0.39, 0.29) is 0 Å². The maximum Gasteiger partial charge on any atom is 0.0394 e. The second-order valence-corrected chi connectivity index (χ2v) is 6.06. The van der Waals surface area contributed by atoms with Crippen LogP contribution in [0.2, 0.25) is 0 Å². The maximum atomic E-state index is 6.20. The molecule has 1 aliphatic carbocycles. The third kappa shape index (κ3) is 2.78. The van der Waals surface area contributed by atoms with Crippen LogP contribution in [0.25, 0.3) is 29.0 Å². The van der Waals surface area contributed by atoms with Gasteiger partial charge < -0.3 is 5.73 Å². The molecule has 23 heavy (non-hydrogen) atoms. The van der Waals surface area contributed by atoms with Gasteiger partial charge in [-0.3, -0.25) is 0 Å². The first kappa shape index (κ1) is 13.8. The van der Waals surface area contributed by atoms with Crippen LogP contribution in [0.4, 0.5) is 5.69 Å². The second-order valence-electron chi connectivity index (χ2n) is 6.06. The zero-order chi connectivity index (χ0) is 15.6. The molecule has 1 nitrogen and oxygen atoms in total. The van der Waals surface area contributed by atoms with Gasteiger partial charge in [-0.05, 0) is 58.0 Å². The van der Waals surface area contributed by atoms with Gasteiger partial charge in [0.05, 0.1) is 0 Å². The quantitative estimate of drug-likeness (QED) is 0.487. The molecule has 0 bridgehead atoms. The van der Waals surface area contributed by atoms with Crippen molar-refractivity contribution in [2.45, 2.75) is 12.8 Å². The zero-order valence-corrected chi connectivity index (χ0v) is 13.0. The predicted molar refractivity (Wildman–Crippen MR) is 101 cm³/mol. The fourth-order valence-corrected chi connectivity index (χ4v) is 3.16. The molecule has 0 aliphatic heterocycles. The first-order chi connectivity index (χ1) is 11.3. The van der Waals surface area contributed by atoms with Crippen LogP contribution in [0.1, 0.15) is 28.7 Å². The highest BCUT2D eigenvalue weighted by Gasteiger charge is 2.04. The SMILES string of the molecule is Nc1cc2ccccc2cc1/C=C\c1ccc2c(c1)CCC=C2. The van der Waals surface area contributed by atoms with E-state index in [4.69, 9.17) is 5.73 Å². The Morgan fingerprint density at radius 1 is 0.870 bits per heavy atom. The van der Waals surface area contributed by atoms with Gasteiger partial charge in [-0.1, -0.05) is 66.8 Å². The van der Waals surface area contributed by atoms with Gasteiger partial charge in [0.2, 0.25) is 0 Å². The van der Waals surface area contributed by atoms with E-state index in [0.29, 0.717) is 0 Å². The largest absolute Gasteiger partial charge is 0.398 e. The van der Waals surface area contributed by atoms with E-state index in [2.05, 4.69) is 66.8 Å². The summed E-state index contributed by atoms with van der Waals surface area (Å²) >= 11 is 0. The Morgan fingerprint density at radius 3 is 2.57 bits per heavy atom. The van der Waals surface area contributed by atoms with Crippen molar-refractivity contribution >= 4 is 34.7 Å². The highest BCUT2D eigenvalue weighted by Crippen LogP contribution is 2.25. The minimum atomic E-state index is 0.820. The summed E-state index contributed by atoms with van der Waals surface area (Å²) < 4.78 is 0. The van der Waals surface area contributed by atoms with E-state index >= 15 is 0 Å². The molecule has 0 unspecified atom stereocenters. The van der Waals surface area contributed by atoms with Crippen molar-refractivity contribution in [3.63, 3.8) is 0 Å². The van der Waals surface area contributed by atoms with Crippen LogP contribution < -0.4 is 5.73 Å². The summed E-state index contributed by atoms with van der Waals surface area (Å²) in [6.07, 6.45) is 11.0. The number of benzene rings is 3. The number of rotatable bonds is 2. The third-order valence-corrected chi connectivity index (χ3v) is 4.45. The molecule has 0 spiro atoms. The Balaban J connectivity index is 1.68. The van der Waals surface area contributed by atoms with Crippen molar-refractivity contribution in [2.24, 2.45) is 0 Å². The number of anilines is 1. The number of aryl methyl sites for hydroxylation is 1. The summed E-state index contributed by atoms with van der Waals surface area (Å²) in [7, 11) is 0. The van der Waals surface area contributed by atoms with Crippen LogP contribution in [0, 0.1) is 0 Å². The number of nitrogen functional groups attached to an aromatic ring is 1. The lowest BCUT2D eigenvalue weighted by Crippen LogP contribution is -1.94. The van der Waals surface area contributed by atoms with E-state index in [0.717, 1.165) is 24.1 Å². The Hall–Kier alpha value is -2.80. The van der Waals surface area contributed by atoms with E-state index < -0.39 is 0 Å². The molecule has 0 heterocycles. The Morgan fingerprint density at radius 2 is 1.70 bits per heavy atom. The summed E-state index contributed by atoms with van der Waals surface area (Å²) in [5, 5.41) is 2.40. The Kier molecular flexibility index (Phi) is 3.47. The molecule has 0 aromatic heterocycles. The average molecular weight is 297 g/mol. The molecule has 0 fully saturated rings. The second kappa shape index (κ2) is 5.77. The van der Waals surface area contributed by atoms with E-state index in [1.165, 1.54) is 27.5 Å². The maximum absolute atomic E-state index is 6.20. The van der Waals surface area contributed by atoms with Gasteiger partial charge in [0, 0.05) is 5.69 Å². The number of hydrogen-bond donors (Lipinski definition) is 1. The van der Waals surface area contributed by atoms with Gasteiger partial charge in [0.15, 0.2) is 0 Å². The standard InChI is InChI=1S/C22H19N/c23-22-15-20-8-4-3-7-19(20)14-21(22)12-10-16-9-11-17-5-1-2-6-18(17)13-16/h1,3-5,7-15H,2,6,23H2/b12-10-. The summed E-state index contributed by atoms with van der Waals surface area (Å²) in [5.74, 6) is 0. The van der Waals surface area contributed by atoms with Gasteiger partial charge in [-0.2, -0.15) is 0 Å². The molecular formula is C22H19N. The van der Waals surface area contributed by atoms with Crippen molar-refractivity contribution in [2.75, 3.05) is 5.73 Å². The molecule has 4 rings (SSSR count). The van der Waals surface area contributed by atoms with Crippen LogP contribution in [0.5, 0.6) is 0 Å². The third-order valence-electron chi connectivity index (χ3n) is 4.45. The molecular weight excluding hydrogens is 278 g/mol. The van der Waals surface area contributed by atoms with E-state index in [9.17, 15) is 0 Å². The first-order valence-corrected chi connectivity index (χ1v) is 8.05. The molecule has 1 heteroatoms. The monoisotopic (exact) mass is 297 g/mol. The fraction of sp³-hybridized carbons (Fsp3) is 0.0909. The van der Waals surface area contributed by atoms with Gasteiger partial charge in [0.25, 0.3) is 0 Å². The lowest BCUT2D eigenvalue weighted by molar-refractivity contribution is 0.985. The molecule has 0 radical (unpaired) electrons. The topological polar surface area (TPSA) is 26.0 Å². The van der Waals surface area contributed by atoms with Crippen LogP contribution in [-0.2, 0) is 6.42 Å². The van der Waals surface area contributed by atoms with Crippen LogP contribution in [0.15, 0.2) is 60.7 Å². The normalized spacial score (nSPS) is 13.6. The molecule has 1 aliphatic rings. The minimum Gasteiger partial charge on any atom is -0.398 e. The average Bonchev–Trinajstić information content (AvgIpc) is 2.59. The number of hydrogen-bond acceptors (Lipinski definition) is 1. The van der Waals surface area contributed by atoms with Crippen molar-refractivity contribution in [1.29, 1.82) is 0 Å². The zero-order valence-electron chi connectivity index (χ0n) is 13.0. The molecule has 3 aromatic rings. The lowest BCUT2D eigenvalue weighted by Gasteiger charge is -2.10. The highest BCUT2D eigenvalue weighted by atomic mass is 14.6. The summed E-state index contributed by atoms with van der Waals surface area (Å²) in [6.45, 7) is 0. The predicted octanol–water partition coefficient (Wildman–Crippen LogP) is 5.55. The van der Waals surface area contributed by atoms with E-state index in [1.54, 1.807) is 0 Å². The van der Waals surface area contributed by atoms with Gasteiger partial charge in [0.1, 0.15) is 0 Å². The van der Waals surface area contributed by atoms with E-state index in [1.807, 2.05) is 12.1 Å². The van der Waals surface area contributed by atoms with Crippen molar-refractivity contribution in [3.05, 3.63) is 82.9 Å².